The van der Waals surface area contributed by atoms with Gasteiger partial charge in [0.1, 0.15) is 5.69 Å². The summed E-state index contributed by atoms with van der Waals surface area (Å²) in [5.41, 5.74) is 4.30. The zero-order valence-corrected chi connectivity index (χ0v) is 15.8. The van der Waals surface area contributed by atoms with E-state index >= 15 is 0 Å². The van der Waals surface area contributed by atoms with Crippen LogP contribution in [0.1, 0.15) is 27.3 Å². The summed E-state index contributed by atoms with van der Waals surface area (Å²) in [6.07, 6.45) is 4.28. The topological polar surface area (TPSA) is 71.0 Å². The van der Waals surface area contributed by atoms with E-state index in [0.29, 0.717) is 18.2 Å². The second kappa shape index (κ2) is 8.40. The Bertz CT molecular complexity index is 927. The van der Waals surface area contributed by atoms with E-state index in [2.05, 4.69) is 20.3 Å². The quantitative estimate of drug-likeness (QED) is 0.727. The molecule has 0 fully saturated rings. The summed E-state index contributed by atoms with van der Waals surface area (Å²) in [6.45, 7) is 4.48. The van der Waals surface area contributed by atoms with Gasteiger partial charge in [-0.3, -0.25) is 9.78 Å². The number of pyridine rings is 1. The third-order valence-corrected chi connectivity index (χ3v) is 4.18. The number of hydrogen-bond donors (Lipinski definition) is 1. The molecule has 2 aromatic heterocycles. The molecule has 2 heterocycles. The van der Waals surface area contributed by atoms with Crippen LogP contribution >= 0.6 is 0 Å². The van der Waals surface area contributed by atoms with Gasteiger partial charge in [0.2, 0.25) is 5.95 Å². The number of aromatic nitrogens is 3. The molecule has 6 nitrogen and oxygen atoms in total. The molecule has 0 radical (unpaired) electrons. The summed E-state index contributed by atoms with van der Waals surface area (Å²) in [7, 11) is 1.79. The second-order valence-corrected chi connectivity index (χ2v) is 6.54. The lowest BCUT2D eigenvalue weighted by atomic mass is 10.2. The van der Waals surface area contributed by atoms with Crippen molar-refractivity contribution in [1.82, 2.24) is 19.9 Å². The third kappa shape index (κ3) is 5.10. The number of nitrogens with one attached hydrogen (secondary N) is 1. The summed E-state index contributed by atoms with van der Waals surface area (Å²) in [6, 6.07) is 13.6. The van der Waals surface area contributed by atoms with Gasteiger partial charge in [-0.15, -0.1) is 0 Å². The molecule has 0 saturated carbocycles. The molecule has 1 N–H and O–H groups in total. The Morgan fingerprint density at radius 2 is 1.85 bits per heavy atom. The van der Waals surface area contributed by atoms with Gasteiger partial charge in [-0.05, 0) is 61.7 Å². The lowest BCUT2D eigenvalue weighted by Gasteiger charge is -2.17. The summed E-state index contributed by atoms with van der Waals surface area (Å²) < 4.78 is 0. The highest BCUT2D eigenvalue weighted by Gasteiger charge is 2.15. The molecule has 0 unspecified atom stereocenters. The maximum Gasteiger partial charge on any atom is 0.272 e. The van der Waals surface area contributed by atoms with Crippen molar-refractivity contribution in [3.63, 3.8) is 0 Å². The molecule has 0 bridgehead atoms. The van der Waals surface area contributed by atoms with E-state index in [9.17, 15) is 4.79 Å². The highest BCUT2D eigenvalue weighted by molar-refractivity contribution is 5.92. The normalized spacial score (nSPS) is 10.5. The minimum absolute atomic E-state index is 0.123. The van der Waals surface area contributed by atoms with Crippen LogP contribution in [0.5, 0.6) is 0 Å². The van der Waals surface area contributed by atoms with Gasteiger partial charge in [-0.2, -0.15) is 0 Å². The number of carbonyl (C=O) groups is 1. The standard InChI is InChI=1S/C21H23N5O/c1-15-5-4-6-18(13-15)24-21-23-16(2)14-19(25-21)20(27)26(3)12-9-17-7-10-22-11-8-17/h4-8,10-11,13-14H,9,12H2,1-3H3,(H,23,24,25). The van der Waals surface area contributed by atoms with Crippen molar-refractivity contribution in [2.24, 2.45) is 0 Å². The number of carbonyl (C=O) groups excluding carboxylic acids is 1. The van der Waals surface area contributed by atoms with Gasteiger partial charge >= 0.3 is 0 Å². The largest absolute Gasteiger partial charge is 0.340 e. The van der Waals surface area contributed by atoms with Crippen LogP contribution < -0.4 is 5.32 Å². The number of rotatable bonds is 6. The predicted octanol–water partition coefficient (Wildman–Crippen LogP) is 3.55. The molecule has 0 spiro atoms. The highest BCUT2D eigenvalue weighted by Crippen LogP contribution is 2.16. The molecule has 0 aliphatic rings. The smallest absolute Gasteiger partial charge is 0.272 e. The van der Waals surface area contributed by atoms with Crippen LogP contribution in [0.15, 0.2) is 54.9 Å². The van der Waals surface area contributed by atoms with E-state index in [1.165, 1.54) is 0 Å². The van der Waals surface area contributed by atoms with E-state index in [4.69, 9.17) is 0 Å². The van der Waals surface area contributed by atoms with E-state index in [1.807, 2.05) is 50.2 Å². The van der Waals surface area contributed by atoms with Gasteiger partial charge in [-0.25, -0.2) is 9.97 Å². The van der Waals surface area contributed by atoms with Crippen molar-refractivity contribution >= 4 is 17.5 Å². The molecule has 1 aromatic carbocycles. The van der Waals surface area contributed by atoms with Crippen molar-refractivity contribution in [3.05, 3.63) is 77.4 Å². The van der Waals surface area contributed by atoms with Gasteiger partial charge in [0, 0.05) is 37.4 Å². The summed E-state index contributed by atoms with van der Waals surface area (Å²) in [4.78, 5) is 27.3. The maximum atomic E-state index is 12.8. The first kappa shape index (κ1) is 18.5. The minimum Gasteiger partial charge on any atom is -0.340 e. The third-order valence-electron chi connectivity index (χ3n) is 4.18. The Hall–Kier alpha value is -3.28. The fraction of sp³-hybridized carbons (Fsp3) is 0.238. The van der Waals surface area contributed by atoms with Crippen LogP contribution in [-0.2, 0) is 6.42 Å². The molecular formula is C21H23N5O. The van der Waals surface area contributed by atoms with Gasteiger partial charge in [-0.1, -0.05) is 12.1 Å². The van der Waals surface area contributed by atoms with Crippen molar-refractivity contribution in [2.45, 2.75) is 20.3 Å². The van der Waals surface area contributed by atoms with Crippen LogP contribution in [0.3, 0.4) is 0 Å². The number of aryl methyl sites for hydroxylation is 2. The number of hydrogen-bond acceptors (Lipinski definition) is 5. The number of amides is 1. The Morgan fingerprint density at radius 1 is 1.07 bits per heavy atom. The SMILES string of the molecule is Cc1cccc(Nc2nc(C)cc(C(=O)N(C)CCc3ccncc3)n2)c1. The van der Waals surface area contributed by atoms with Gasteiger partial charge in [0.15, 0.2) is 0 Å². The first-order valence-electron chi connectivity index (χ1n) is 8.85. The number of likely N-dealkylation sites (N-methyl/N-ethyl adjacent to an activating group) is 1. The lowest BCUT2D eigenvalue weighted by Crippen LogP contribution is -2.30. The maximum absolute atomic E-state index is 12.8. The first-order valence-corrected chi connectivity index (χ1v) is 8.85. The zero-order valence-electron chi connectivity index (χ0n) is 15.8. The molecule has 3 rings (SSSR count). The minimum atomic E-state index is -0.123. The molecular weight excluding hydrogens is 338 g/mol. The monoisotopic (exact) mass is 361 g/mol. The Kier molecular flexibility index (Phi) is 5.76. The predicted molar refractivity (Wildman–Crippen MR) is 106 cm³/mol. The van der Waals surface area contributed by atoms with Crippen molar-refractivity contribution < 1.29 is 4.79 Å². The average molecular weight is 361 g/mol. The molecule has 0 aliphatic carbocycles. The van der Waals surface area contributed by atoms with E-state index < -0.39 is 0 Å². The molecule has 138 valence electrons. The van der Waals surface area contributed by atoms with E-state index in [0.717, 1.165) is 28.9 Å². The fourth-order valence-electron chi connectivity index (χ4n) is 2.73. The summed E-state index contributed by atoms with van der Waals surface area (Å²) in [5.74, 6) is 0.299. The van der Waals surface area contributed by atoms with Crippen LogP contribution in [0.4, 0.5) is 11.6 Å². The summed E-state index contributed by atoms with van der Waals surface area (Å²) >= 11 is 0. The molecule has 1 amide bonds. The zero-order chi connectivity index (χ0) is 19.2. The lowest BCUT2D eigenvalue weighted by molar-refractivity contribution is 0.0790. The number of nitrogens with zero attached hydrogens (tertiary/aromatic N) is 4. The number of benzene rings is 1. The van der Waals surface area contributed by atoms with Crippen molar-refractivity contribution in [1.29, 1.82) is 0 Å². The number of anilines is 2. The average Bonchev–Trinajstić information content (AvgIpc) is 2.66. The van der Waals surface area contributed by atoms with Crippen LogP contribution in [0, 0.1) is 13.8 Å². The van der Waals surface area contributed by atoms with Crippen LogP contribution in [0.25, 0.3) is 0 Å². The van der Waals surface area contributed by atoms with Crippen LogP contribution in [-0.4, -0.2) is 39.4 Å². The van der Waals surface area contributed by atoms with Crippen LogP contribution in [0.2, 0.25) is 0 Å². The van der Waals surface area contributed by atoms with Gasteiger partial charge in [0.25, 0.3) is 5.91 Å². The Balaban J connectivity index is 1.71. The molecule has 0 aliphatic heterocycles. The Morgan fingerprint density at radius 3 is 2.59 bits per heavy atom. The van der Waals surface area contributed by atoms with Gasteiger partial charge < -0.3 is 10.2 Å². The second-order valence-electron chi connectivity index (χ2n) is 6.54. The van der Waals surface area contributed by atoms with Crippen molar-refractivity contribution in [2.75, 3.05) is 18.9 Å². The fourth-order valence-corrected chi connectivity index (χ4v) is 2.73. The molecule has 0 saturated heterocycles. The molecule has 0 atom stereocenters. The molecule has 27 heavy (non-hydrogen) atoms. The van der Waals surface area contributed by atoms with Crippen molar-refractivity contribution in [3.8, 4) is 0 Å². The van der Waals surface area contributed by atoms with E-state index in [1.54, 1.807) is 30.4 Å². The summed E-state index contributed by atoms with van der Waals surface area (Å²) in [5, 5.41) is 3.18. The Labute approximate surface area is 159 Å². The van der Waals surface area contributed by atoms with Gasteiger partial charge in [0.05, 0.1) is 0 Å². The molecule has 6 heteroatoms. The van der Waals surface area contributed by atoms with E-state index in [-0.39, 0.29) is 5.91 Å². The first-order chi connectivity index (χ1) is 13.0. The highest BCUT2D eigenvalue weighted by atomic mass is 16.2. The molecule has 3 aromatic rings.